The minimum Gasteiger partial charge on any atom is -0.382 e. The summed E-state index contributed by atoms with van der Waals surface area (Å²) >= 11 is 0. The zero-order valence-corrected chi connectivity index (χ0v) is 12.7. The highest BCUT2D eigenvalue weighted by atomic mass is 16.5. The first kappa shape index (κ1) is 16.0. The summed E-state index contributed by atoms with van der Waals surface area (Å²) in [4.78, 5) is 6.58. The third-order valence-electron chi connectivity index (χ3n) is 2.99. The van der Waals surface area contributed by atoms with E-state index >= 15 is 0 Å². The molecule has 0 fully saturated rings. The van der Waals surface area contributed by atoms with Crippen LogP contribution >= 0.6 is 0 Å². The molecule has 0 aliphatic rings. The standard InChI is InChI=1S/C14H28N4O/c1-5-19-12-6-9-18-11-8-15-14(18)16-13(2)7-10-17(3)4/h8,11,13H,5-7,9-10,12H2,1-4H3,(H,15,16). The second-order valence-electron chi connectivity index (χ2n) is 5.13. The van der Waals surface area contributed by atoms with Crippen molar-refractivity contribution in [3.8, 4) is 0 Å². The number of nitrogens with one attached hydrogen (secondary N) is 1. The van der Waals surface area contributed by atoms with Crippen molar-refractivity contribution in [3.63, 3.8) is 0 Å². The van der Waals surface area contributed by atoms with Crippen LogP contribution in [0, 0.1) is 0 Å². The van der Waals surface area contributed by atoms with E-state index in [0.29, 0.717) is 6.04 Å². The van der Waals surface area contributed by atoms with Gasteiger partial charge in [-0.25, -0.2) is 4.98 Å². The molecule has 1 N–H and O–H groups in total. The van der Waals surface area contributed by atoms with E-state index in [0.717, 1.165) is 45.1 Å². The Hall–Kier alpha value is -1.07. The summed E-state index contributed by atoms with van der Waals surface area (Å²) in [5, 5.41) is 3.47. The Morgan fingerprint density at radius 3 is 2.95 bits per heavy atom. The van der Waals surface area contributed by atoms with Crippen LogP contribution in [0.25, 0.3) is 0 Å². The average molecular weight is 268 g/mol. The molecule has 1 atom stereocenters. The van der Waals surface area contributed by atoms with E-state index < -0.39 is 0 Å². The van der Waals surface area contributed by atoms with E-state index in [4.69, 9.17) is 4.74 Å². The minimum absolute atomic E-state index is 0.426. The molecule has 0 spiro atoms. The van der Waals surface area contributed by atoms with Crippen LogP contribution in [0.4, 0.5) is 5.95 Å². The first-order valence-corrected chi connectivity index (χ1v) is 7.13. The summed E-state index contributed by atoms with van der Waals surface area (Å²) in [6, 6.07) is 0.426. The van der Waals surface area contributed by atoms with E-state index in [2.05, 4.69) is 40.8 Å². The summed E-state index contributed by atoms with van der Waals surface area (Å²) in [5.41, 5.74) is 0. The molecule has 5 nitrogen and oxygen atoms in total. The Morgan fingerprint density at radius 2 is 2.26 bits per heavy atom. The Balaban J connectivity index is 2.35. The number of hydrogen-bond donors (Lipinski definition) is 1. The molecule has 0 aromatic carbocycles. The van der Waals surface area contributed by atoms with Crippen LogP contribution in [0.15, 0.2) is 12.4 Å². The molecular weight excluding hydrogens is 240 g/mol. The molecule has 5 heteroatoms. The Labute approximate surface area is 117 Å². The lowest BCUT2D eigenvalue weighted by molar-refractivity contribution is 0.142. The van der Waals surface area contributed by atoms with Gasteiger partial charge in [0, 0.05) is 38.2 Å². The Bertz CT molecular complexity index is 338. The molecule has 0 aliphatic carbocycles. The molecule has 1 aromatic heterocycles. The summed E-state index contributed by atoms with van der Waals surface area (Å²) in [6.07, 6.45) is 6.00. The first-order chi connectivity index (χ1) is 9.13. The Morgan fingerprint density at radius 1 is 1.47 bits per heavy atom. The molecule has 1 heterocycles. The monoisotopic (exact) mass is 268 g/mol. The maximum atomic E-state index is 5.36. The summed E-state index contributed by atoms with van der Waals surface area (Å²) < 4.78 is 7.52. The number of anilines is 1. The van der Waals surface area contributed by atoms with Gasteiger partial charge in [0.2, 0.25) is 5.95 Å². The molecule has 0 radical (unpaired) electrons. The van der Waals surface area contributed by atoms with Gasteiger partial charge in [-0.1, -0.05) is 0 Å². The van der Waals surface area contributed by atoms with Crippen molar-refractivity contribution in [2.24, 2.45) is 0 Å². The van der Waals surface area contributed by atoms with Gasteiger partial charge in [0.15, 0.2) is 0 Å². The van der Waals surface area contributed by atoms with Gasteiger partial charge in [0.1, 0.15) is 0 Å². The van der Waals surface area contributed by atoms with E-state index in [1.54, 1.807) is 0 Å². The Kier molecular flexibility index (Phi) is 7.52. The summed E-state index contributed by atoms with van der Waals surface area (Å²) in [7, 11) is 4.20. The van der Waals surface area contributed by atoms with E-state index in [1.807, 2.05) is 19.3 Å². The number of ether oxygens (including phenoxy) is 1. The quantitative estimate of drug-likeness (QED) is 0.660. The van der Waals surface area contributed by atoms with Gasteiger partial charge in [0.05, 0.1) is 0 Å². The normalized spacial score (nSPS) is 12.9. The van der Waals surface area contributed by atoms with Crippen molar-refractivity contribution in [2.45, 2.75) is 39.3 Å². The highest BCUT2D eigenvalue weighted by molar-refractivity contribution is 5.27. The SMILES string of the molecule is CCOCCCn1ccnc1NC(C)CCN(C)C. The molecule has 0 saturated carbocycles. The molecule has 110 valence electrons. The first-order valence-electron chi connectivity index (χ1n) is 7.13. The van der Waals surface area contributed by atoms with Crippen LogP contribution in [-0.4, -0.2) is 54.3 Å². The third kappa shape index (κ3) is 6.59. The second kappa shape index (κ2) is 8.93. The third-order valence-corrected chi connectivity index (χ3v) is 2.99. The molecule has 19 heavy (non-hydrogen) atoms. The van der Waals surface area contributed by atoms with Crippen LogP contribution in [-0.2, 0) is 11.3 Å². The number of nitrogens with zero attached hydrogens (tertiary/aromatic N) is 3. The van der Waals surface area contributed by atoms with Crippen LogP contribution in [0.1, 0.15) is 26.7 Å². The summed E-state index contributed by atoms with van der Waals surface area (Å²) in [6.45, 7) is 7.85. The van der Waals surface area contributed by atoms with Gasteiger partial charge >= 0.3 is 0 Å². The lowest BCUT2D eigenvalue weighted by Gasteiger charge is -2.18. The van der Waals surface area contributed by atoms with Crippen molar-refractivity contribution >= 4 is 5.95 Å². The largest absolute Gasteiger partial charge is 0.382 e. The maximum Gasteiger partial charge on any atom is 0.202 e. The molecule has 1 aromatic rings. The van der Waals surface area contributed by atoms with Crippen LogP contribution in [0.3, 0.4) is 0 Å². The number of aryl methyl sites for hydroxylation is 1. The highest BCUT2D eigenvalue weighted by Gasteiger charge is 2.07. The average Bonchev–Trinajstić information content (AvgIpc) is 2.79. The van der Waals surface area contributed by atoms with Gasteiger partial charge in [-0.15, -0.1) is 0 Å². The van der Waals surface area contributed by atoms with Crippen molar-refractivity contribution in [1.82, 2.24) is 14.5 Å². The van der Waals surface area contributed by atoms with Crippen molar-refractivity contribution in [1.29, 1.82) is 0 Å². The molecule has 1 rings (SSSR count). The smallest absolute Gasteiger partial charge is 0.202 e. The molecule has 0 saturated heterocycles. The lowest BCUT2D eigenvalue weighted by Crippen LogP contribution is -2.24. The van der Waals surface area contributed by atoms with Gasteiger partial charge in [-0.2, -0.15) is 0 Å². The van der Waals surface area contributed by atoms with Crippen LogP contribution < -0.4 is 5.32 Å². The molecule has 0 amide bonds. The minimum atomic E-state index is 0.426. The summed E-state index contributed by atoms with van der Waals surface area (Å²) in [5.74, 6) is 0.961. The van der Waals surface area contributed by atoms with Gasteiger partial charge in [0.25, 0.3) is 0 Å². The predicted molar refractivity (Wildman–Crippen MR) is 79.6 cm³/mol. The van der Waals surface area contributed by atoms with Gasteiger partial charge < -0.3 is 19.5 Å². The molecule has 0 bridgehead atoms. The van der Waals surface area contributed by atoms with Crippen LogP contribution in [0.2, 0.25) is 0 Å². The van der Waals surface area contributed by atoms with E-state index in [-0.39, 0.29) is 0 Å². The molecular formula is C14H28N4O. The highest BCUT2D eigenvalue weighted by Crippen LogP contribution is 2.09. The van der Waals surface area contributed by atoms with Gasteiger partial charge in [-0.3, -0.25) is 0 Å². The van der Waals surface area contributed by atoms with Gasteiger partial charge in [-0.05, 0) is 47.3 Å². The topological polar surface area (TPSA) is 42.3 Å². The zero-order chi connectivity index (χ0) is 14.1. The number of aromatic nitrogens is 2. The van der Waals surface area contributed by atoms with E-state index in [9.17, 15) is 0 Å². The number of hydrogen-bond acceptors (Lipinski definition) is 4. The zero-order valence-electron chi connectivity index (χ0n) is 12.7. The van der Waals surface area contributed by atoms with Crippen molar-refractivity contribution in [2.75, 3.05) is 39.2 Å². The molecule has 1 unspecified atom stereocenters. The van der Waals surface area contributed by atoms with E-state index in [1.165, 1.54) is 0 Å². The van der Waals surface area contributed by atoms with Crippen molar-refractivity contribution < 1.29 is 4.74 Å². The fourth-order valence-corrected chi connectivity index (χ4v) is 1.86. The second-order valence-corrected chi connectivity index (χ2v) is 5.13. The fraction of sp³-hybridized carbons (Fsp3) is 0.786. The van der Waals surface area contributed by atoms with Crippen molar-refractivity contribution in [3.05, 3.63) is 12.4 Å². The predicted octanol–water partition coefficient (Wildman–Crippen LogP) is 2.06. The van der Waals surface area contributed by atoms with Crippen LogP contribution in [0.5, 0.6) is 0 Å². The maximum absolute atomic E-state index is 5.36. The molecule has 0 aliphatic heterocycles. The number of rotatable bonds is 10. The fourth-order valence-electron chi connectivity index (χ4n) is 1.86. The number of imidazole rings is 1. The lowest BCUT2D eigenvalue weighted by atomic mass is 10.2.